The summed E-state index contributed by atoms with van der Waals surface area (Å²) in [5.41, 5.74) is 0.703. The molecule has 2 rings (SSSR count). The van der Waals surface area contributed by atoms with E-state index in [-0.39, 0.29) is 5.69 Å². The van der Waals surface area contributed by atoms with E-state index in [2.05, 4.69) is 5.32 Å². The molecule has 1 N–H and O–H groups in total. The van der Waals surface area contributed by atoms with E-state index >= 15 is 0 Å². The fraction of sp³-hybridized carbons (Fsp3) is 0.625. The van der Waals surface area contributed by atoms with Crippen LogP contribution in [0, 0.1) is 11.6 Å². The molecule has 118 valence electrons. The van der Waals surface area contributed by atoms with Gasteiger partial charge in [0, 0.05) is 32.3 Å². The van der Waals surface area contributed by atoms with Crippen LogP contribution < -0.4 is 10.2 Å². The number of benzene rings is 1. The maximum absolute atomic E-state index is 14.2. The molecule has 5 heteroatoms. The fourth-order valence-electron chi connectivity index (χ4n) is 2.32. The molecule has 1 aromatic carbocycles. The van der Waals surface area contributed by atoms with Gasteiger partial charge in [0.25, 0.3) is 0 Å². The zero-order chi connectivity index (χ0) is 15.2. The topological polar surface area (TPSA) is 24.5 Å². The van der Waals surface area contributed by atoms with E-state index in [1.54, 1.807) is 4.90 Å². The summed E-state index contributed by atoms with van der Waals surface area (Å²) in [6.07, 6.45) is 2.31. The van der Waals surface area contributed by atoms with Gasteiger partial charge in [0.2, 0.25) is 0 Å². The third-order valence-corrected chi connectivity index (χ3v) is 3.66. The molecule has 3 nitrogen and oxygen atoms in total. The molecule has 0 aliphatic heterocycles. The predicted molar refractivity (Wildman–Crippen MR) is 80.6 cm³/mol. The summed E-state index contributed by atoms with van der Waals surface area (Å²) >= 11 is 0. The van der Waals surface area contributed by atoms with Crippen molar-refractivity contribution in [3.8, 4) is 0 Å². The number of hydrogen-bond donors (Lipinski definition) is 1. The van der Waals surface area contributed by atoms with Gasteiger partial charge in [-0.05, 0) is 44.4 Å². The number of rotatable bonds is 9. The highest BCUT2D eigenvalue weighted by molar-refractivity contribution is 5.50. The quantitative estimate of drug-likeness (QED) is 0.709. The van der Waals surface area contributed by atoms with Crippen LogP contribution in [-0.2, 0) is 11.3 Å². The molecule has 0 heterocycles. The summed E-state index contributed by atoms with van der Waals surface area (Å²) in [6.45, 7) is 6.40. The highest BCUT2D eigenvalue weighted by atomic mass is 19.1. The molecule has 1 aliphatic rings. The molecule has 0 unspecified atom stereocenters. The molecular formula is C16H24F2N2O. The first-order chi connectivity index (χ1) is 10.2. The van der Waals surface area contributed by atoms with Crippen LogP contribution in [0.15, 0.2) is 12.1 Å². The largest absolute Gasteiger partial charge is 0.380 e. The van der Waals surface area contributed by atoms with Crippen molar-refractivity contribution in [1.29, 1.82) is 0 Å². The number of nitrogens with zero attached hydrogens (tertiary/aromatic N) is 1. The Kier molecular flexibility index (Phi) is 5.94. The smallest absolute Gasteiger partial charge is 0.149 e. The standard InChI is InChI=1S/C16H24F2N2O/c1-3-20(7-8-21-4-2)16-14(17)9-12(10-15(16)18)11-19-13-5-6-13/h9-10,13,19H,3-8,11H2,1-2H3. The Morgan fingerprint density at radius 3 is 2.43 bits per heavy atom. The van der Waals surface area contributed by atoms with Crippen molar-refractivity contribution in [2.24, 2.45) is 0 Å². The van der Waals surface area contributed by atoms with Gasteiger partial charge in [-0.2, -0.15) is 0 Å². The molecule has 1 saturated carbocycles. The number of likely N-dealkylation sites (N-methyl/N-ethyl adjacent to an activating group) is 1. The van der Waals surface area contributed by atoms with Gasteiger partial charge in [0.15, 0.2) is 0 Å². The first kappa shape index (κ1) is 16.2. The Hall–Kier alpha value is -1.20. The number of ether oxygens (including phenoxy) is 1. The van der Waals surface area contributed by atoms with E-state index in [4.69, 9.17) is 4.74 Å². The molecule has 0 bridgehead atoms. The summed E-state index contributed by atoms with van der Waals surface area (Å²) in [7, 11) is 0. The minimum atomic E-state index is -0.499. The maximum Gasteiger partial charge on any atom is 0.149 e. The molecule has 0 radical (unpaired) electrons. The van der Waals surface area contributed by atoms with Crippen LogP contribution in [0.2, 0.25) is 0 Å². The minimum absolute atomic E-state index is 0.0485. The van der Waals surface area contributed by atoms with Crippen molar-refractivity contribution in [1.82, 2.24) is 5.32 Å². The van der Waals surface area contributed by atoms with Crippen LogP contribution in [0.5, 0.6) is 0 Å². The van der Waals surface area contributed by atoms with E-state index in [1.807, 2.05) is 13.8 Å². The van der Waals surface area contributed by atoms with Gasteiger partial charge >= 0.3 is 0 Å². The number of nitrogens with one attached hydrogen (secondary N) is 1. The first-order valence-electron chi connectivity index (χ1n) is 7.69. The molecule has 1 aliphatic carbocycles. The zero-order valence-electron chi connectivity index (χ0n) is 12.8. The Morgan fingerprint density at radius 1 is 1.24 bits per heavy atom. The number of anilines is 1. The summed E-state index contributed by atoms with van der Waals surface area (Å²) < 4.78 is 33.8. The summed E-state index contributed by atoms with van der Waals surface area (Å²) in [5, 5.41) is 3.26. The van der Waals surface area contributed by atoms with Crippen LogP contribution in [0.4, 0.5) is 14.5 Å². The number of halogens is 2. The van der Waals surface area contributed by atoms with Crippen LogP contribution >= 0.6 is 0 Å². The van der Waals surface area contributed by atoms with Crippen LogP contribution in [-0.4, -0.2) is 32.3 Å². The molecule has 21 heavy (non-hydrogen) atoms. The summed E-state index contributed by atoms with van der Waals surface area (Å²) in [5.74, 6) is -0.998. The van der Waals surface area contributed by atoms with Gasteiger partial charge in [-0.3, -0.25) is 0 Å². The fourth-order valence-corrected chi connectivity index (χ4v) is 2.32. The normalized spacial score (nSPS) is 14.5. The second-order valence-corrected chi connectivity index (χ2v) is 5.34. The van der Waals surface area contributed by atoms with E-state index in [1.165, 1.54) is 12.1 Å². The SMILES string of the molecule is CCOCCN(CC)c1c(F)cc(CNC2CC2)cc1F. The van der Waals surface area contributed by atoms with Crippen molar-refractivity contribution < 1.29 is 13.5 Å². The second-order valence-electron chi connectivity index (χ2n) is 5.34. The molecule has 1 aromatic rings. The molecule has 0 spiro atoms. The predicted octanol–water partition coefficient (Wildman–Crippen LogP) is 3.08. The molecule has 0 aromatic heterocycles. The van der Waals surface area contributed by atoms with E-state index in [9.17, 15) is 8.78 Å². The van der Waals surface area contributed by atoms with Crippen molar-refractivity contribution in [2.45, 2.75) is 39.3 Å². The van der Waals surface area contributed by atoms with Crippen LogP contribution in [0.1, 0.15) is 32.3 Å². The summed E-state index contributed by atoms with van der Waals surface area (Å²) in [4.78, 5) is 1.68. The lowest BCUT2D eigenvalue weighted by Crippen LogP contribution is -2.29. The Bertz CT molecular complexity index is 441. The van der Waals surface area contributed by atoms with Crippen molar-refractivity contribution in [3.63, 3.8) is 0 Å². The van der Waals surface area contributed by atoms with Gasteiger partial charge in [-0.1, -0.05) is 0 Å². The van der Waals surface area contributed by atoms with E-state index < -0.39 is 11.6 Å². The molecule has 0 amide bonds. The van der Waals surface area contributed by atoms with Crippen LogP contribution in [0.3, 0.4) is 0 Å². The Morgan fingerprint density at radius 2 is 1.90 bits per heavy atom. The van der Waals surface area contributed by atoms with E-state index in [0.717, 1.165) is 12.8 Å². The highest BCUT2D eigenvalue weighted by Crippen LogP contribution is 2.26. The van der Waals surface area contributed by atoms with Gasteiger partial charge < -0.3 is 15.0 Å². The summed E-state index contributed by atoms with van der Waals surface area (Å²) in [6, 6.07) is 3.38. The monoisotopic (exact) mass is 298 g/mol. The average Bonchev–Trinajstić information content (AvgIpc) is 3.27. The second kappa shape index (κ2) is 7.71. The lowest BCUT2D eigenvalue weighted by atomic mass is 10.1. The molecule has 0 saturated heterocycles. The van der Waals surface area contributed by atoms with Crippen LogP contribution in [0.25, 0.3) is 0 Å². The van der Waals surface area contributed by atoms with E-state index in [0.29, 0.717) is 44.5 Å². The lowest BCUT2D eigenvalue weighted by molar-refractivity contribution is 0.154. The maximum atomic E-state index is 14.2. The lowest BCUT2D eigenvalue weighted by Gasteiger charge is -2.24. The van der Waals surface area contributed by atoms with Gasteiger partial charge in [0.1, 0.15) is 17.3 Å². The van der Waals surface area contributed by atoms with Crippen molar-refractivity contribution in [2.75, 3.05) is 31.2 Å². The Balaban J connectivity index is 2.06. The third-order valence-electron chi connectivity index (χ3n) is 3.66. The Labute approximate surface area is 125 Å². The third kappa shape index (κ3) is 4.64. The van der Waals surface area contributed by atoms with Gasteiger partial charge in [-0.15, -0.1) is 0 Å². The van der Waals surface area contributed by atoms with Gasteiger partial charge in [-0.25, -0.2) is 8.78 Å². The van der Waals surface area contributed by atoms with Crippen molar-refractivity contribution >= 4 is 5.69 Å². The zero-order valence-corrected chi connectivity index (χ0v) is 12.8. The first-order valence-corrected chi connectivity index (χ1v) is 7.69. The highest BCUT2D eigenvalue weighted by Gasteiger charge is 2.21. The molecule has 0 atom stereocenters. The van der Waals surface area contributed by atoms with Gasteiger partial charge in [0.05, 0.1) is 6.61 Å². The van der Waals surface area contributed by atoms with Crippen molar-refractivity contribution in [3.05, 3.63) is 29.3 Å². The minimum Gasteiger partial charge on any atom is -0.380 e. The molecule has 1 fully saturated rings. The number of hydrogen-bond acceptors (Lipinski definition) is 3. The average molecular weight is 298 g/mol. The molecular weight excluding hydrogens is 274 g/mol.